The van der Waals surface area contributed by atoms with Gasteiger partial charge in [-0.15, -0.1) is 0 Å². The zero-order chi connectivity index (χ0) is 23.0. The van der Waals surface area contributed by atoms with Gasteiger partial charge in [0.1, 0.15) is 10.6 Å². The van der Waals surface area contributed by atoms with Gasteiger partial charge in [0.2, 0.25) is 15.9 Å². The number of piperidine rings is 1. The Balaban J connectivity index is 1.64. The van der Waals surface area contributed by atoms with Gasteiger partial charge < -0.3 is 15.6 Å². The molecule has 0 saturated carbocycles. The molecule has 0 radical (unpaired) electrons. The fourth-order valence-electron chi connectivity index (χ4n) is 3.45. The third-order valence-corrected chi connectivity index (χ3v) is 7.02. The normalized spacial score (nSPS) is 16.3. The van der Waals surface area contributed by atoms with Gasteiger partial charge in [0.25, 0.3) is 5.91 Å². The van der Waals surface area contributed by atoms with E-state index in [0.29, 0.717) is 0 Å². The molecule has 0 atom stereocenters. The van der Waals surface area contributed by atoms with E-state index in [0.717, 1.165) is 12.1 Å². The molecular formula is C19H21F3N4O4S. The first-order valence-electron chi connectivity index (χ1n) is 9.34. The summed E-state index contributed by atoms with van der Waals surface area (Å²) in [6.07, 6.45) is -2.81. The molecule has 3 rings (SSSR count). The second-order valence-corrected chi connectivity index (χ2v) is 9.22. The van der Waals surface area contributed by atoms with Gasteiger partial charge in [-0.1, -0.05) is 6.07 Å². The maximum Gasteiger partial charge on any atom is 0.416 e. The third-order valence-electron chi connectivity index (χ3n) is 5.15. The van der Waals surface area contributed by atoms with Gasteiger partial charge in [-0.3, -0.25) is 9.59 Å². The Morgan fingerprint density at radius 1 is 1.16 bits per heavy atom. The largest absolute Gasteiger partial charge is 0.416 e. The van der Waals surface area contributed by atoms with E-state index in [1.807, 2.05) is 0 Å². The quantitative estimate of drug-likeness (QED) is 0.715. The molecule has 31 heavy (non-hydrogen) atoms. The van der Waals surface area contributed by atoms with E-state index in [1.54, 1.807) is 0 Å². The number of rotatable bonds is 5. The van der Waals surface area contributed by atoms with Crippen molar-refractivity contribution in [1.82, 2.24) is 8.87 Å². The molecule has 1 aliphatic rings. The van der Waals surface area contributed by atoms with Gasteiger partial charge in [-0.05, 0) is 37.1 Å². The average Bonchev–Trinajstić information content (AvgIpc) is 3.10. The number of nitrogens with one attached hydrogen (secondary N) is 1. The van der Waals surface area contributed by atoms with Crippen LogP contribution in [-0.2, 0) is 28.0 Å². The molecule has 1 fully saturated rings. The molecule has 0 bridgehead atoms. The van der Waals surface area contributed by atoms with Crippen LogP contribution in [0.1, 0.15) is 28.9 Å². The molecule has 1 aromatic carbocycles. The molecule has 12 heteroatoms. The Labute approximate surface area is 176 Å². The van der Waals surface area contributed by atoms with Crippen LogP contribution in [0.15, 0.2) is 41.4 Å². The van der Waals surface area contributed by atoms with Crippen molar-refractivity contribution < 1.29 is 31.2 Å². The first kappa shape index (κ1) is 22.8. The average molecular weight is 458 g/mol. The number of sulfonamides is 1. The predicted molar refractivity (Wildman–Crippen MR) is 105 cm³/mol. The first-order chi connectivity index (χ1) is 14.4. The molecule has 8 nitrogen and oxygen atoms in total. The van der Waals surface area contributed by atoms with Gasteiger partial charge in [0.05, 0.1) is 5.56 Å². The molecule has 3 N–H and O–H groups in total. The molecular weight excluding hydrogens is 437 g/mol. The van der Waals surface area contributed by atoms with E-state index in [1.165, 1.54) is 40.3 Å². The molecule has 1 aromatic heterocycles. The summed E-state index contributed by atoms with van der Waals surface area (Å²) in [4.78, 5) is 23.8. The van der Waals surface area contributed by atoms with Crippen molar-refractivity contribution in [2.24, 2.45) is 18.7 Å². The van der Waals surface area contributed by atoms with E-state index in [-0.39, 0.29) is 42.2 Å². The molecule has 2 aromatic rings. The number of nitrogens with two attached hydrogens (primary N) is 1. The summed E-state index contributed by atoms with van der Waals surface area (Å²) in [5.41, 5.74) is 4.43. The number of carbonyl (C=O) groups excluding carboxylic acids is 2. The van der Waals surface area contributed by atoms with Crippen LogP contribution in [0.25, 0.3) is 0 Å². The Kier molecular flexibility index (Phi) is 6.14. The van der Waals surface area contributed by atoms with Crippen LogP contribution in [0.4, 0.5) is 18.9 Å². The summed E-state index contributed by atoms with van der Waals surface area (Å²) >= 11 is 0. The van der Waals surface area contributed by atoms with Crippen molar-refractivity contribution >= 4 is 27.5 Å². The standard InChI is InChI=1S/C19H21F3N4O4S/c1-25-11-15(10-16(25)17(23)27)31(29,30)26-7-5-12(6-8-26)18(28)24-14-4-2-3-13(9-14)19(20,21)22/h2-4,9-12H,5-8H2,1H3,(H2,23,27)(H,24,28). The lowest BCUT2D eigenvalue weighted by Crippen LogP contribution is -2.41. The predicted octanol–water partition coefficient (Wildman–Crippen LogP) is 2.18. The van der Waals surface area contributed by atoms with Crippen molar-refractivity contribution in [1.29, 1.82) is 0 Å². The monoisotopic (exact) mass is 458 g/mol. The van der Waals surface area contributed by atoms with Gasteiger partial charge in [0, 0.05) is 37.9 Å². The van der Waals surface area contributed by atoms with E-state index >= 15 is 0 Å². The Hall–Kier alpha value is -2.86. The van der Waals surface area contributed by atoms with Crippen LogP contribution >= 0.6 is 0 Å². The van der Waals surface area contributed by atoms with Crippen molar-refractivity contribution in [3.8, 4) is 0 Å². The number of halogens is 3. The number of hydrogen-bond donors (Lipinski definition) is 2. The number of nitrogens with zero attached hydrogens (tertiary/aromatic N) is 2. The summed E-state index contributed by atoms with van der Waals surface area (Å²) in [6.45, 7) is 0.119. The Morgan fingerprint density at radius 2 is 1.81 bits per heavy atom. The highest BCUT2D eigenvalue weighted by atomic mass is 32.2. The topological polar surface area (TPSA) is 114 Å². The molecule has 0 unspecified atom stereocenters. The number of primary amides is 1. The lowest BCUT2D eigenvalue weighted by atomic mass is 9.97. The maximum absolute atomic E-state index is 12.8. The zero-order valence-corrected chi connectivity index (χ0v) is 17.3. The number of alkyl halides is 3. The Bertz CT molecular complexity index is 1100. The number of benzene rings is 1. The molecule has 1 aliphatic heterocycles. The number of hydrogen-bond acceptors (Lipinski definition) is 4. The summed E-state index contributed by atoms with van der Waals surface area (Å²) in [7, 11) is -2.38. The zero-order valence-electron chi connectivity index (χ0n) is 16.5. The highest BCUT2D eigenvalue weighted by Gasteiger charge is 2.34. The van der Waals surface area contributed by atoms with E-state index in [9.17, 15) is 31.2 Å². The Morgan fingerprint density at radius 3 is 2.35 bits per heavy atom. The second-order valence-electron chi connectivity index (χ2n) is 7.28. The van der Waals surface area contributed by atoms with Gasteiger partial charge >= 0.3 is 6.18 Å². The fraction of sp³-hybridized carbons (Fsp3) is 0.368. The van der Waals surface area contributed by atoms with E-state index in [4.69, 9.17) is 5.73 Å². The van der Waals surface area contributed by atoms with Crippen molar-refractivity contribution in [3.63, 3.8) is 0 Å². The van der Waals surface area contributed by atoms with Gasteiger partial charge in [-0.2, -0.15) is 17.5 Å². The van der Waals surface area contributed by atoms with Crippen molar-refractivity contribution in [2.75, 3.05) is 18.4 Å². The van der Waals surface area contributed by atoms with Crippen LogP contribution in [0.2, 0.25) is 0 Å². The summed E-state index contributed by atoms with van der Waals surface area (Å²) in [5, 5.41) is 2.47. The molecule has 0 aliphatic carbocycles. The van der Waals surface area contributed by atoms with Crippen LogP contribution in [0.5, 0.6) is 0 Å². The fourth-order valence-corrected chi connectivity index (χ4v) is 4.99. The first-order valence-corrected chi connectivity index (χ1v) is 10.8. The number of carbonyl (C=O) groups is 2. The third kappa shape index (κ3) is 4.90. The second kappa shape index (κ2) is 8.35. The smallest absolute Gasteiger partial charge is 0.364 e. The molecule has 2 amide bonds. The van der Waals surface area contributed by atoms with Crippen LogP contribution in [-0.4, -0.2) is 42.2 Å². The van der Waals surface area contributed by atoms with Gasteiger partial charge in [0.15, 0.2) is 0 Å². The minimum atomic E-state index is -4.52. The maximum atomic E-state index is 12.8. The lowest BCUT2D eigenvalue weighted by molar-refractivity contribution is -0.137. The highest BCUT2D eigenvalue weighted by molar-refractivity contribution is 7.89. The van der Waals surface area contributed by atoms with Crippen LogP contribution < -0.4 is 11.1 Å². The number of amides is 2. The number of aryl methyl sites for hydroxylation is 1. The minimum Gasteiger partial charge on any atom is -0.364 e. The van der Waals surface area contributed by atoms with E-state index < -0.39 is 39.5 Å². The molecule has 2 heterocycles. The number of aromatic nitrogens is 1. The van der Waals surface area contributed by atoms with Gasteiger partial charge in [-0.25, -0.2) is 8.42 Å². The molecule has 168 valence electrons. The minimum absolute atomic E-state index is 0.0261. The SMILES string of the molecule is Cn1cc(S(=O)(=O)N2CCC(C(=O)Nc3cccc(C(F)(F)F)c3)CC2)cc1C(N)=O. The number of anilines is 1. The van der Waals surface area contributed by atoms with Crippen LogP contribution in [0.3, 0.4) is 0 Å². The summed E-state index contributed by atoms with van der Waals surface area (Å²) < 4.78 is 66.7. The highest BCUT2D eigenvalue weighted by Crippen LogP contribution is 2.31. The molecule has 0 spiro atoms. The van der Waals surface area contributed by atoms with E-state index in [2.05, 4.69) is 5.32 Å². The van der Waals surface area contributed by atoms with Crippen LogP contribution in [0, 0.1) is 5.92 Å². The summed E-state index contributed by atoms with van der Waals surface area (Å²) in [6, 6.07) is 5.52. The molecule has 1 saturated heterocycles. The summed E-state index contributed by atoms with van der Waals surface area (Å²) in [5.74, 6) is -1.76. The van der Waals surface area contributed by atoms with Crippen molar-refractivity contribution in [2.45, 2.75) is 23.9 Å². The lowest BCUT2D eigenvalue weighted by Gasteiger charge is -2.30. The van der Waals surface area contributed by atoms with Crippen molar-refractivity contribution in [3.05, 3.63) is 47.8 Å².